The number of piperidine rings is 1. The Labute approximate surface area is 132 Å². The Kier molecular flexibility index (Phi) is 5.81. The van der Waals surface area contributed by atoms with Crippen LogP contribution in [0.15, 0.2) is 24.3 Å². The van der Waals surface area contributed by atoms with Crippen LogP contribution in [-0.4, -0.2) is 47.9 Å². The van der Waals surface area contributed by atoms with Crippen molar-refractivity contribution in [2.24, 2.45) is 0 Å². The summed E-state index contributed by atoms with van der Waals surface area (Å²) in [6, 6.07) is 7.07. The lowest BCUT2D eigenvalue weighted by molar-refractivity contribution is 0.0724. The molecular formula is C17H25N3O2. The fourth-order valence-electron chi connectivity index (χ4n) is 2.72. The van der Waals surface area contributed by atoms with Gasteiger partial charge in [0, 0.05) is 37.4 Å². The zero-order valence-corrected chi connectivity index (χ0v) is 13.5. The van der Waals surface area contributed by atoms with E-state index in [2.05, 4.69) is 5.32 Å². The SMILES string of the molecule is CCN(CC)C(=O)Nc1cccc(C(=O)N2CCCCC2)c1. The highest BCUT2D eigenvalue weighted by Crippen LogP contribution is 2.16. The Hall–Kier alpha value is -2.04. The zero-order valence-electron chi connectivity index (χ0n) is 13.5. The normalized spacial score (nSPS) is 14.5. The molecule has 1 aromatic rings. The minimum atomic E-state index is -0.132. The first-order chi connectivity index (χ1) is 10.7. The maximum Gasteiger partial charge on any atom is 0.321 e. The summed E-state index contributed by atoms with van der Waals surface area (Å²) in [7, 11) is 0. The molecule has 0 bridgehead atoms. The quantitative estimate of drug-likeness (QED) is 0.928. The number of amides is 3. The Bertz CT molecular complexity index is 520. The van der Waals surface area contributed by atoms with Crippen molar-refractivity contribution in [3.05, 3.63) is 29.8 Å². The molecule has 0 saturated carbocycles. The first-order valence-corrected chi connectivity index (χ1v) is 8.11. The van der Waals surface area contributed by atoms with Crippen LogP contribution in [0.1, 0.15) is 43.5 Å². The number of hydrogen-bond donors (Lipinski definition) is 1. The average molecular weight is 303 g/mol. The Morgan fingerprint density at radius 3 is 2.45 bits per heavy atom. The molecule has 0 radical (unpaired) electrons. The fraction of sp³-hybridized carbons (Fsp3) is 0.529. The van der Waals surface area contributed by atoms with Crippen LogP contribution in [0, 0.1) is 0 Å². The van der Waals surface area contributed by atoms with Gasteiger partial charge in [-0.05, 0) is 51.3 Å². The van der Waals surface area contributed by atoms with E-state index in [0.717, 1.165) is 25.9 Å². The van der Waals surface area contributed by atoms with Crippen molar-refractivity contribution in [2.45, 2.75) is 33.1 Å². The number of carbonyl (C=O) groups is 2. The van der Waals surface area contributed by atoms with Gasteiger partial charge in [-0.15, -0.1) is 0 Å². The summed E-state index contributed by atoms with van der Waals surface area (Å²) >= 11 is 0. The van der Waals surface area contributed by atoms with Crippen LogP contribution in [0.2, 0.25) is 0 Å². The molecular weight excluding hydrogens is 278 g/mol. The summed E-state index contributed by atoms with van der Waals surface area (Å²) in [5.41, 5.74) is 1.30. The van der Waals surface area contributed by atoms with Crippen LogP contribution in [0.5, 0.6) is 0 Å². The van der Waals surface area contributed by atoms with E-state index in [1.54, 1.807) is 11.0 Å². The lowest BCUT2D eigenvalue weighted by atomic mass is 10.1. The third-order valence-electron chi connectivity index (χ3n) is 4.05. The van der Waals surface area contributed by atoms with E-state index < -0.39 is 0 Å². The van der Waals surface area contributed by atoms with Gasteiger partial charge in [0.05, 0.1) is 0 Å². The predicted octanol–water partition coefficient (Wildman–Crippen LogP) is 3.19. The first kappa shape index (κ1) is 16.3. The van der Waals surface area contributed by atoms with E-state index in [9.17, 15) is 9.59 Å². The van der Waals surface area contributed by atoms with Gasteiger partial charge in [0.2, 0.25) is 0 Å². The molecule has 1 aromatic carbocycles. The topological polar surface area (TPSA) is 52.7 Å². The summed E-state index contributed by atoms with van der Waals surface area (Å²) in [6.07, 6.45) is 3.35. The Morgan fingerprint density at radius 2 is 1.82 bits per heavy atom. The van der Waals surface area contributed by atoms with Gasteiger partial charge < -0.3 is 15.1 Å². The predicted molar refractivity (Wildman–Crippen MR) is 88.1 cm³/mol. The Balaban J connectivity index is 2.06. The summed E-state index contributed by atoms with van der Waals surface area (Å²) in [5.74, 6) is 0.0543. The minimum absolute atomic E-state index is 0.0543. The summed E-state index contributed by atoms with van der Waals surface area (Å²) in [6.45, 7) is 6.87. The number of carbonyl (C=O) groups excluding carboxylic acids is 2. The van der Waals surface area contributed by atoms with E-state index in [4.69, 9.17) is 0 Å². The van der Waals surface area contributed by atoms with Crippen molar-refractivity contribution in [3.63, 3.8) is 0 Å². The molecule has 0 aromatic heterocycles. The smallest absolute Gasteiger partial charge is 0.321 e. The molecule has 1 N–H and O–H groups in total. The second-order valence-electron chi connectivity index (χ2n) is 5.54. The van der Waals surface area contributed by atoms with Crippen molar-refractivity contribution in [3.8, 4) is 0 Å². The van der Waals surface area contributed by atoms with Gasteiger partial charge in [0.1, 0.15) is 0 Å². The number of anilines is 1. The summed E-state index contributed by atoms with van der Waals surface area (Å²) in [4.78, 5) is 28.2. The molecule has 1 saturated heterocycles. The van der Waals surface area contributed by atoms with Gasteiger partial charge in [0.15, 0.2) is 0 Å². The van der Waals surface area contributed by atoms with E-state index in [0.29, 0.717) is 24.3 Å². The van der Waals surface area contributed by atoms with Gasteiger partial charge in [-0.3, -0.25) is 4.79 Å². The third-order valence-corrected chi connectivity index (χ3v) is 4.05. The number of benzene rings is 1. The standard InChI is InChI=1S/C17H25N3O2/c1-3-19(4-2)17(22)18-15-10-8-9-14(13-15)16(21)20-11-6-5-7-12-20/h8-10,13H,3-7,11-12H2,1-2H3,(H,18,22). The highest BCUT2D eigenvalue weighted by atomic mass is 16.2. The van der Waals surface area contributed by atoms with Gasteiger partial charge >= 0.3 is 6.03 Å². The molecule has 0 aliphatic carbocycles. The first-order valence-electron chi connectivity index (χ1n) is 8.11. The molecule has 2 rings (SSSR count). The minimum Gasteiger partial charge on any atom is -0.339 e. The van der Waals surface area contributed by atoms with Gasteiger partial charge in [0.25, 0.3) is 5.91 Å². The second kappa shape index (κ2) is 7.82. The molecule has 120 valence electrons. The number of nitrogens with one attached hydrogen (secondary N) is 1. The van der Waals surface area contributed by atoms with Gasteiger partial charge in [-0.25, -0.2) is 4.79 Å². The average Bonchev–Trinajstić information content (AvgIpc) is 2.56. The van der Waals surface area contributed by atoms with E-state index in [1.807, 2.05) is 36.9 Å². The van der Waals surface area contributed by atoms with E-state index in [1.165, 1.54) is 6.42 Å². The van der Waals surface area contributed by atoms with Crippen molar-refractivity contribution in [2.75, 3.05) is 31.5 Å². The highest BCUT2D eigenvalue weighted by Gasteiger charge is 2.18. The van der Waals surface area contributed by atoms with Crippen LogP contribution in [-0.2, 0) is 0 Å². The van der Waals surface area contributed by atoms with Crippen LogP contribution >= 0.6 is 0 Å². The lowest BCUT2D eigenvalue weighted by Gasteiger charge is -2.27. The van der Waals surface area contributed by atoms with Crippen molar-refractivity contribution >= 4 is 17.6 Å². The molecule has 5 heteroatoms. The number of likely N-dealkylation sites (tertiary alicyclic amines) is 1. The molecule has 0 unspecified atom stereocenters. The summed E-state index contributed by atoms with van der Waals surface area (Å²) < 4.78 is 0. The van der Waals surface area contributed by atoms with E-state index >= 15 is 0 Å². The van der Waals surface area contributed by atoms with Crippen molar-refractivity contribution < 1.29 is 9.59 Å². The molecule has 1 aliphatic rings. The highest BCUT2D eigenvalue weighted by molar-refractivity contribution is 5.97. The molecule has 3 amide bonds. The van der Waals surface area contributed by atoms with Crippen LogP contribution in [0.25, 0.3) is 0 Å². The van der Waals surface area contributed by atoms with Crippen LogP contribution in [0.4, 0.5) is 10.5 Å². The molecule has 1 heterocycles. The molecule has 22 heavy (non-hydrogen) atoms. The van der Waals surface area contributed by atoms with Gasteiger partial charge in [-0.2, -0.15) is 0 Å². The molecule has 0 atom stereocenters. The molecule has 0 spiro atoms. The largest absolute Gasteiger partial charge is 0.339 e. The monoisotopic (exact) mass is 303 g/mol. The van der Waals surface area contributed by atoms with Crippen LogP contribution in [0.3, 0.4) is 0 Å². The van der Waals surface area contributed by atoms with Crippen LogP contribution < -0.4 is 5.32 Å². The molecule has 5 nitrogen and oxygen atoms in total. The van der Waals surface area contributed by atoms with Crippen molar-refractivity contribution in [1.82, 2.24) is 9.80 Å². The zero-order chi connectivity index (χ0) is 15.9. The number of rotatable bonds is 4. The maximum atomic E-state index is 12.5. The molecule has 1 aliphatic heterocycles. The van der Waals surface area contributed by atoms with Gasteiger partial charge in [-0.1, -0.05) is 6.07 Å². The molecule has 1 fully saturated rings. The Morgan fingerprint density at radius 1 is 1.14 bits per heavy atom. The number of nitrogens with zero attached hydrogens (tertiary/aromatic N) is 2. The van der Waals surface area contributed by atoms with Crippen molar-refractivity contribution in [1.29, 1.82) is 0 Å². The lowest BCUT2D eigenvalue weighted by Crippen LogP contribution is -2.36. The third kappa shape index (κ3) is 4.00. The maximum absolute atomic E-state index is 12.5. The van der Waals surface area contributed by atoms with E-state index in [-0.39, 0.29) is 11.9 Å². The summed E-state index contributed by atoms with van der Waals surface area (Å²) in [5, 5.41) is 2.86. The fourth-order valence-corrected chi connectivity index (χ4v) is 2.72. The number of hydrogen-bond acceptors (Lipinski definition) is 2. The second-order valence-corrected chi connectivity index (χ2v) is 5.54. The number of urea groups is 1.